The molecule has 0 spiro atoms. The third kappa shape index (κ3) is 4.61. The van der Waals surface area contributed by atoms with Crippen LogP contribution in [0.2, 0.25) is 5.02 Å². The molecule has 3 rings (SSSR count). The summed E-state index contributed by atoms with van der Waals surface area (Å²) in [7, 11) is 0. The van der Waals surface area contributed by atoms with E-state index in [2.05, 4.69) is 10.2 Å². The van der Waals surface area contributed by atoms with Gasteiger partial charge in [0.2, 0.25) is 0 Å². The topological polar surface area (TPSA) is 35.6 Å². The highest BCUT2D eigenvalue weighted by atomic mass is 35.5. The van der Waals surface area contributed by atoms with Crippen LogP contribution in [0.5, 0.6) is 0 Å². The zero-order chi connectivity index (χ0) is 16.1. The lowest BCUT2D eigenvalue weighted by Crippen LogP contribution is -2.54. The van der Waals surface area contributed by atoms with E-state index in [-0.39, 0.29) is 6.03 Å². The lowest BCUT2D eigenvalue weighted by atomic mass is 9.94. The number of halogens is 1. The highest BCUT2D eigenvalue weighted by Gasteiger charge is 2.26. The molecule has 2 amide bonds. The summed E-state index contributed by atoms with van der Waals surface area (Å²) >= 11 is 5.87. The van der Waals surface area contributed by atoms with E-state index in [0.717, 1.165) is 42.8 Å². The van der Waals surface area contributed by atoms with Crippen LogP contribution in [0.25, 0.3) is 0 Å². The minimum Gasteiger partial charge on any atom is -0.334 e. The molecular weight excluding hydrogens is 310 g/mol. The van der Waals surface area contributed by atoms with Crippen molar-refractivity contribution >= 4 is 17.6 Å². The van der Waals surface area contributed by atoms with E-state index in [4.69, 9.17) is 11.6 Å². The molecule has 0 atom stereocenters. The fraction of sp³-hybridized carbons (Fsp3) is 0.611. The third-order valence-corrected chi connectivity index (χ3v) is 5.30. The van der Waals surface area contributed by atoms with E-state index in [9.17, 15) is 4.79 Å². The molecule has 2 fully saturated rings. The highest BCUT2D eigenvalue weighted by molar-refractivity contribution is 6.30. The zero-order valence-electron chi connectivity index (χ0n) is 13.6. The quantitative estimate of drug-likeness (QED) is 0.917. The molecule has 5 heteroatoms. The second kappa shape index (κ2) is 8.02. The summed E-state index contributed by atoms with van der Waals surface area (Å²) in [5, 5.41) is 3.73. The smallest absolute Gasteiger partial charge is 0.317 e. The first-order chi connectivity index (χ1) is 11.2. The van der Waals surface area contributed by atoms with Gasteiger partial charge in [0, 0.05) is 43.8 Å². The van der Waals surface area contributed by atoms with Gasteiger partial charge in [0.25, 0.3) is 0 Å². The predicted molar refractivity (Wildman–Crippen MR) is 93.7 cm³/mol. The van der Waals surface area contributed by atoms with Crippen molar-refractivity contribution in [1.82, 2.24) is 15.1 Å². The normalized spacial score (nSPS) is 20.5. The summed E-state index contributed by atoms with van der Waals surface area (Å²) in [5.41, 5.74) is 1.07. The molecular formula is C18H26ClN3O. The zero-order valence-corrected chi connectivity index (χ0v) is 14.4. The Hall–Kier alpha value is -1.26. The van der Waals surface area contributed by atoms with Gasteiger partial charge < -0.3 is 10.2 Å². The van der Waals surface area contributed by atoms with Gasteiger partial charge in [-0.15, -0.1) is 0 Å². The molecule has 1 aliphatic carbocycles. The summed E-state index contributed by atoms with van der Waals surface area (Å²) < 4.78 is 0. The van der Waals surface area contributed by atoms with E-state index in [1.807, 2.05) is 29.2 Å². The molecule has 0 radical (unpaired) electrons. The maximum atomic E-state index is 12.3. The Balaban J connectivity index is 1.41. The van der Waals surface area contributed by atoms with Crippen LogP contribution in [-0.2, 0) is 6.54 Å². The standard InChI is InChI=1S/C18H26ClN3O/c19-16-8-6-15(7-9-16)14-20-18(23)22-12-10-21(11-13-22)17-4-2-1-3-5-17/h6-9,17H,1-5,10-14H2,(H,20,23). The van der Waals surface area contributed by atoms with Gasteiger partial charge in [0.15, 0.2) is 0 Å². The monoisotopic (exact) mass is 335 g/mol. The van der Waals surface area contributed by atoms with E-state index in [1.54, 1.807) is 0 Å². The molecule has 1 aromatic carbocycles. The fourth-order valence-electron chi connectivity index (χ4n) is 3.63. The van der Waals surface area contributed by atoms with Crippen LogP contribution in [0.4, 0.5) is 4.79 Å². The number of nitrogens with zero attached hydrogens (tertiary/aromatic N) is 2. The average molecular weight is 336 g/mol. The summed E-state index contributed by atoms with van der Waals surface area (Å²) in [6, 6.07) is 8.40. The first-order valence-corrected chi connectivity index (χ1v) is 9.11. The van der Waals surface area contributed by atoms with Crippen molar-refractivity contribution in [3.63, 3.8) is 0 Å². The largest absolute Gasteiger partial charge is 0.334 e. The summed E-state index contributed by atoms with van der Waals surface area (Å²) in [5.74, 6) is 0. The van der Waals surface area contributed by atoms with E-state index in [1.165, 1.54) is 32.1 Å². The summed E-state index contributed by atoms with van der Waals surface area (Å²) in [6.45, 7) is 4.25. The molecule has 126 valence electrons. The molecule has 1 aliphatic heterocycles. The number of benzene rings is 1. The van der Waals surface area contributed by atoms with E-state index < -0.39 is 0 Å². The van der Waals surface area contributed by atoms with Crippen molar-refractivity contribution in [2.45, 2.75) is 44.7 Å². The fourth-order valence-corrected chi connectivity index (χ4v) is 3.75. The first kappa shape index (κ1) is 16.6. The molecule has 1 heterocycles. The van der Waals surface area contributed by atoms with Crippen molar-refractivity contribution in [2.75, 3.05) is 26.2 Å². The van der Waals surface area contributed by atoms with Crippen LogP contribution in [0.3, 0.4) is 0 Å². The molecule has 0 aromatic heterocycles. The van der Waals surface area contributed by atoms with Gasteiger partial charge in [-0.2, -0.15) is 0 Å². The van der Waals surface area contributed by atoms with Gasteiger partial charge in [0.05, 0.1) is 0 Å². The van der Waals surface area contributed by atoms with E-state index in [0.29, 0.717) is 6.54 Å². The maximum Gasteiger partial charge on any atom is 0.317 e. The molecule has 4 nitrogen and oxygen atoms in total. The maximum absolute atomic E-state index is 12.3. The van der Waals surface area contributed by atoms with Crippen LogP contribution in [0, 0.1) is 0 Å². The Morgan fingerprint density at radius 3 is 2.35 bits per heavy atom. The number of carbonyl (C=O) groups excluding carboxylic acids is 1. The van der Waals surface area contributed by atoms with Gasteiger partial charge in [0.1, 0.15) is 0 Å². The van der Waals surface area contributed by atoms with Crippen LogP contribution >= 0.6 is 11.6 Å². The number of hydrogen-bond acceptors (Lipinski definition) is 2. The molecule has 0 bridgehead atoms. The lowest BCUT2D eigenvalue weighted by Gasteiger charge is -2.40. The number of carbonyl (C=O) groups is 1. The molecule has 1 N–H and O–H groups in total. The number of rotatable bonds is 3. The first-order valence-electron chi connectivity index (χ1n) is 8.73. The van der Waals surface area contributed by atoms with Crippen molar-refractivity contribution in [3.8, 4) is 0 Å². The number of piperazine rings is 1. The predicted octanol–water partition coefficient (Wildman–Crippen LogP) is 3.50. The number of urea groups is 1. The van der Waals surface area contributed by atoms with Gasteiger partial charge in [-0.3, -0.25) is 4.90 Å². The number of nitrogens with one attached hydrogen (secondary N) is 1. The van der Waals surface area contributed by atoms with Crippen molar-refractivity contribution in [2.24, 2.45) is 0 Å². The van der Waals surface area contributed by atoms with Crippen molar-refractivity contribution in [1.29, 1.82) is 0 Å². The van der Waals surface area contributed by atoms with Gasteiger partial charge in [-0.25, -0.2) is 4.79 Å². The molecule has 0 unspecified atom stereocenters. The summed E-state index contributed by atoms with van der Waals surface area (Å²) in [4.78, 5) is 16.8. The van der Waals surface area contributed by atoms with Crippen LogP contribution in [-0.4, -0.2) is 48.1 Å². The van der Waals surface area contributed by atoms with Gasteiger partial charge >= 0.3 is 6.03 Å². The molecule has 2 aliphatic rings. The Labute approximate surface area is 143 Å². The van der Waals surface area contributed by atoms with Gasteiger partial charge in [-0.05, 0) is 30.5 Å². The summed E-state index contributed by atoms with van der Waals surface area (Å²) in [6.07, 6.45) is 6.80. The van der Waals surface area contributed by atoms with Crippen LogP contribution in [0.15, 0.2) is 24.3 Å². The number of hydrogen-bond donors (Lipinski definition) is 1. The van der Waals surface area contributed by atoms with Crippen LogP contribution < -0.4 is 5.32 Å². The Morgan fingerprint density at radius 1 is 1.04 bits per heavy atom. The Morgan fingerprint density at radius 2 is 1.70 bits per heavy atom. The Bertz CT molecular complexity index is 506. The minimum atomic E-state index is 0.0447. The second-order valence-corrected chi connectivity index (χ2v) is 7.04. The third-order valence-electron chi connectivity index (χ3n) is 5.05. The van der Waals surface area contributed by atoms with Gasteiger partial charge in [-0.1, -0.05) is 43.0 Å². The van der Waals surface area contributed by atoms with Crippen molar-refractivity contribution < 1.29 is 4.79 Å². The highest BCUT2D eigenvalue weighted by Crippen LogP contribution is 2.23. The molecule has 23 heavy (non-hydrogen) atoms. The van der Waals surface area contributed by atoms with E-state index >= 15 is 0 Å². The Kier molecular flexibility index (Phi) is 5.79. The average Bonchev–Trinajstić information content (AvgIpc) is 2.62. The second-order valence-electron chi connectivity index (χ2n) is 6.60. The minimum absolute atomic E-state index is 0.0447. The SMILES string of the molecule is O=C(NCc1ccc(Cl)cc1)N1CCN(C2CCCCC2)CC1. The molecule has 1 saturated carbocycles. The lowest BCUT2D eigenvalue weighted by molar-refractivity contribution is 0.0905. The molecule has 1 saturated heterocycles. The number of amides is 2. The van der Waals surface area contributed by atoms with Crippen LogP contribution in [0.1, 0.15) is 37.7 Å². The molecule has 1 aromatic rings. The van der Waals surface area contributed by atoms with Crippen molar-refractivity contribution in [3.05, 3.63) is 34.9 Å².